The number of hydrogen-bond donors (Lipinski definition) is 9. The van der Waals surface area contributed by atoms with Gasteiger partial charge in [-0.3, -0.25) is 19.4 Å². The number of fused-ring (bicyclic) bond motifs is 3. The van der Waals surface area contributed by atoms with Crippen molar-refractivity contribution in [1.82, 2.24) is 46.2 Å². The molecule has 45 heteroatoms. The van der Waals surface area contributed by atoms with Crippen LogP contribution in [-0.4, -0.2) is 170 Å². The fraction of sp³-hybridized carbons (Fsp3) is 0.221. The van der Waals surface area contributed by atoms with Gasteiger partial charge in [0.1, 0.15) is 48.2 Å². The van der Waals surface area contributed by atoms with Gasteiger partial charge >= 0.3 is 89.1 Å². The van der Waals surface area contributed by atoms with Gasteiger partial charge in [0.2, 0.25) is 0 Å². The van der Waals surface area contributed by atoms with Gasteiger partial charge in [0.25, 0.3) is 0 Å². The van der Waals surface area contributed by atoms with Crippen LogP contribution in [0.25, 0.3) is 22.3 Å². The van der Waals surface area contributed by atoms with Crippen molar-refractivity contribution in [2.75, 3.05) is 7.05 Å². The first-order valence-corrected chi connectivity index (χ1v) is 66.2. The SMILES string of the molecule is C.CC(C)(C)OC(=O)NCc1ccc(Cl)nc1.CC(C)(C)OC(=O)NCc1ccc(Cl)nc1B(O)O.CC(C)(C)OC(=O)NCc1cnc(Cl)cc1-c1ccccc1C(=O)c1ccccc1.CC(C)(C)OC(=O)NCc1cnc(Cl)cc1B(O)O.CN.Clc1cc2c(cn1)CN=C(c1ccccc1)c1ccccc1-2.I.II.I[I-]I.O=C(c1ccccc1)c1ccccc1I.O=C(c1ccccc1)c1ccccc1I.[B].[B].[B].[B]. The number of halogens is 13. The van der Waals surface area contributed by atoms with Crippen LogP contribution in [0, 0.1) is 7.14 Å². The van der Waals surface area contributed by atoms with Gasteiger partial charge in [-0.1, -0.05) is 272 Å². The standard InChI is InChI=1S/C24H23ClN2O3.C19H13ClN2.2C13H9IO.2C11H16BClN2O4.C11H15ClN2O2.CH5N.CH4.4B.I3.I2.HI/c1-24(2,3)30-23(29)27-15-17-14-26-21(25)13-20(17)18-11-7-8-12-19(18)22(28)16-9-5-4-6-10-16;20-18-10-17-14(11-21-18)12-22-19(13-6-2-1-3-7-13)16-9-5-4-8-15(16)17;2*14-12-9-5-4-8-11(12)13(15)10-6-2-1-3-7-10;1-11(2,3)19-10(16)15-6-7-5-14-9(13)4-8(7)12(17)18;1-11(2,3)19-10(16)14-6-7-4-5-8(13)15-9(7)12(17)18;1-11(2,3)16-10(15)14-7-8-4-5-9(12)13-6-8;1-2;;;;;;1-3-2;1-2;/h4-14H,15H2,1-3H3,(H,27,29);1-11H,12H2;2*1-9H;4-5,17-18H,6H2,1-3H3,(H,15,16);4-5,17-18H,6H2,1-3H3,(H,14,16);4-6H,7H2,1-3H3,(H,14,15);2H2,1H3;1H4;;;;;;;1H/q;;;;;;;;;;;;;-1;;. The van der Waals surface area contributed by atoms with Crippen molar-refractivity contribution in [2.24, 2.45) is 10.7 Å². The van der Waals surface area contributed by atoms with E-state index in [0.29, 0.717) is 64.1 Å². The molecule has 12 radical (unpaired) electrons. The molecule has 0 saturated carbocycles. The maximum atomic E-state index is 13.1. The predicted molar refractivity (Wildman–Crippen MR) is 664 cm³/mol. The molecule has 6 heterocycles. The van der Waals surface area contributed by atoms with Crippen LogP contribution >= 0.6 is 202 Å². The molecule has 4 amide bonds. The van der Waals surface area contributed by atoms with Crippen LogP contribution in [0.2, 0.25) is 25.8 Å². The molecule has 8 aromatic carbocycles. The van der Waals surface area contributed by atoms with Gasteiger partial charge in [0, 0.05) is 173 Å². The van der Waals surface area contributed by atoms with E-state index in [1.165, 1.54) is 25.4 Å². The van der Waals surface area contributed by atoms with Crippen LogP contribution < -0.4 is 51.3 Å². The van der Waals surface area contributed by atoms with Crippen LogP contribution in [0.15, 0.2) is 291 Å². The molecule has 10 N–H and O–H groups in total. The first-order chi connectivity index (χ1) is 67.8. The van der Waals surface area contributed by atoms with Crippen LogP contribution in [0.1, 0.15) is 177 Å². The minimum atomic E-state index is -1.76. The van der Waals surface area contributed by atoms with E-state index in [4.69, 9.17) is 81.9 Å². The first-order valence-electron chi connectivity index (χ1n) is 43.3. The number of alkyl carbamates (subject to hydrolysis) is 4. The average Bonchev–Trinajstić information content (AvgIpc) is 1.71. The normalized spacial score (nSPS) is 10.4. The summed E-state index contributed by atoms with van der Waals surface area (Å²) in [6.07, 6.45) is 4.24. The van der Waals surface area contributed by atoms with Crippen molar-refractivity contribution in [2.45, 2.75) is 146 Å². The van der Waals surface area contributed by atoms with Gasteiger partial charge in [0.15, 0.2) is 17.3 Å². The van der Waals surface area contributed by atoms with E-state index in [1.54, 1.807) is 117 Å². The van der Waals surface area contributed by atoms with Crippen LogP contribution in [0.5, 0.6) is 0 Å². The summed E-state index contributed by atoms with van der Waals surface area (Å²) in [5.74, 6) is 0.0754. The molecule has 5 aromatic heterocycles. The van der Waals surface area contributed by atoms with E-state index in [9.17, 15) is 53.7 Å². The number of amides is 4. The fourth-order valence-corrected chi connectivity index (χ4v) is 14.3. The van der Waals surface area contributed by atoms with Crippen molar-refractivity contribution in [3.05, 3.63) is 391 Å². The van der Waals surface area contributed by atoms with E-state index in [0.717, 1.165) is 85.2 Å². The summed E-state index contributed by atoms with van der Waals surface area (Å²) in [5.41, 5.74) is 17.2. The summed E-state index contributed by atoms with van der Waals surface area (Å²) in [7, 11) is -1.94. The summed E-state index contributed by atoms with van der Waals surface area (Å²) in [6.45, 7) is 22.6. The average molecular weight is 3010 g/mol. The van der Waals surface area contributed by atoms with Crippen LogP contribution in [0.3, 0.4) is 0 Å². The number of hydrogen-bond acceptors (Lipinski definition) is 22. The number of carbonyl (C=O) groups excluding carboxylic acids is 7. The Bertz CT molecular complexity index is 6140. The molecule has 0 aliphatic carbocycles. The van der Waals surface area contributed by atoms with Gasteiger partial charge in [-0.25, -0.2) is 44.1 Å². The maximum absolute atomic E-state index is 13.1. The Morgan fingerprint density at radius 3 is 1.11 bits per heavy atom. The molecule has 0 bridgehead atoms. The smallest absolute Gasteiger partial charge is 0.194 e. The van der Waals surface area contributed by atoms with Gasteiger partial charge < -0.3 is 66.0 Å². The number of aliphatic imine (C=N–C) groups is 1. The Labute approximate surface area is 1000 Å². The minimum absolute atomic E-state index is 0. The summed E-state index contributed by atoms with van der Waals surface area (Å²) in [6, 6.07) is 80.4. The monoisotopic (exact) mass is 3010 g/mol. The predicted octanol–water partition coefficient (Wildman–Crippen LogP) is 20.9. The summed E-state index contributed by atoms with van der Waals surface area (Å²) in [4.78, 5) is 108. The topological polar surface area (TPSA) is 388 Å². The van der Waals surface area contributed by atoms with Crippen LogP contribution in [0.4, 0.5) is 19.2 Å². The zero-order valence-corrected chi connectivity index (χ0v) is 104. The minimum Gasteiger partial charge on any atom is -0.289 e. The third-order valence-electron chi connectivity index (χ3n) is 18.2. The van der Waals surface area contributed by atoms with E-state index in [2.05, 4.69) is 196 Å². The van der Waals surface area contributed by atoms with Crippen LogP contribution in [-0.2, 0) is 51.7 Å². The summed E-state index contributed by atoms with van der Waals surface area (Å²) >= 11 is 43.1. The first kappa shape index (κ1) is 144. The second-order valence-electron chi connectivity index (χ2n) is 33.6. The Morgan fingerprint density at radius 1 is 0.376 bits per heavy atom. The van der Waals surface area contributed by atoms with Gasteiger partial charge in [0.05, 0.1) is 17.8 Å². The second-order valence-corrected chi connectivity index (χ2v) is 54.1. The molecule has 1 aliphatic heterocycles. The zero-order valence-electron chi connectivity index (χ0n) is 82.6. The Balaban J connectivity index is 0. The Hall–Kier alpha value is -7.25. The quantitative estimate of drug-likeness (QED) is 0.0127. The number of ketones is 3. The molecule has 13 aromatic rings. The maximum Gasteiger partial charge on any atom is 0.194 e. The molecule has 0 fully saturated rings. The number of benzene rings is 8. The summed E-state index contributed by atoms with van der Waals surface area (Å²) < 4.78 is 22.5. The molecule has 782 valence electrons. The third-order valence-corrected chi connectivity index (χ3v) is 21.2. The molecular weight excluding hydrogens is 2900 g/mol. The van der Waals surface area contributed by atoms with Crippen molar-refractivity contribution < 1.29 is 85.9 Å². The van der Waals surface area contributed by atoms with E-state index in [1.807, 2.05) is 209 Å². The molecule has 149 heavy (non-hydrogen) atoms. The number of nitrogens with two attached hydrogens (primary N) is 1. The molecule has 0 spiro atoms. The van der Waals surface area contributed by atoms with E-state index in [-0.39, 0.29) is 123 Å². The van der Waals surface area contributed by atoms with Crippen molar-refractivity contribution in [3.63, 3.8) is 0 Å². The van der Waals surface area contributed by atoms with E-state index >= 15 is 0 Å². The molecular formula is C104H111B6Cl5I8N11O15-. The number of rotatable bonds is 18. The molecule has 14 rings (SSSR count). The largest absolute Gasteiger partial charge is 0.289 e. The molecule has 0 atom stereocenters. The van der Waals surface area contributed by atoms with Crippen molar-refractivity contribution in [1.29, 1.82) is 0 Å². The number of pyridine rings is 5. The second kappa shape index (κ2) is 74.8. The number of nitrogens with zero attached hydrogens (tertiary/aromatic N) is 6. The number of aromatic nitrogens is 5. The number of ether oxygens (including phenoxy) is 4. The molecule has 0 unspecified atom stereocenters. The van der Waals surface area contributed by atoms with Crippen molar-refractivity contribution >= 4 is 308 Å². The number of nitrogens with one attached hydrogen (secondary N) is 4. The Morgan fingerprint density at radius 2 is 0.705 bits per heavy atom. The molecule has 1 aliphatic rings. The Kier molecular flexibility index (Phi) is 72.1. The molecule has 26 nitrogen and oxygen atoms in total. The third kappa shape index (κ3) is 54.1. The fourth-order valence-electron chi connectivity index (χ4n) is 12.3. The summed E-state index contributed by atoms with van der Waals surface area (Å²) in [5, 5.41) is 48.7. The van der Waals surface area contributed by atoms with Crippen molar-refractivity contribution in [3.8, 4) is 22.3 Å². The van der Waals surface area contributed by atoms with E-state index < -0.39 is 61.0 Å². The van der Waals surface area contributed by atoms with Gasteiger partial charge in [-0.05, 0) is 245 Å². The van der Waals surface area contributed by atoms with Gasteiger partial charge in [-0.2, -0.15) is 0 Å². The number of carbonyl (C=O) groups is 7. The van der Waals surface area contributed by atoms with Gasteiger partial charge in [-0.15, -0.1) is 24.0 Å². The molecule has 0 saturated heterocycles. The zero-order chi connectivity index (χ0) is 106.